The molecule has 1 aromatic carbocycles. The highest BCUT2D eigenvalue weighted by atomic mass is 16.1. The number of aromatic amines is 1. The molecule has 14 heavy (non-hydrogen) atoms. The van der Waals surface area contributed by atoms with Gasteiger partial charge >= 0.3 is 0 Å². The fourth-order valence-electron chi connectivity index (χ4n) is 1.69. The van der Waals surface area contributed by atoms with Crippen LogP contribution in [0.1, 0.15) is 17.5 Å². The Morgan fingerprint density at radius 3 is 3.07 bits per heavy atom. The van der Waals surface area contributed by atoms with E-state index in [1.54, 1.807) is 0 Å². The van der Waals surface area contributed by atoms with Crippen LogP contribution < -0.4 is 0 Å². The first-order valence-electron chi connectivity index (χ1n) is 4.81. The molecule has 0 spiro atoms. The summed E-state index contributed by atoms with van der Waals surface area (Å²) >= 11 is 0. The van der Waals surface area contributed by atoms with E-state index in [9.17, 15) is 4.79 Å². The summed E-state index contributed by atoms with van der Waals surface area (Å²) in [5.41, 5.74) is 3.65. The second-order valence-corrected chi connectivity index (χ2v) is 3.56. The molecule has 0 aliphatic rings. The van der Waals surface area contributed by atoms with Crippen molar-refractivity contribution in [3.05, 3.63) is 35.5 Å². The number of hydrogen-bond donors (Lipinski definition) is 1. The number of aromatic nitrogens is 1. The van der Waals surface area contributed by atoms with E-state index in [4.69, 9.17) is 0 Å². The predicted octanol–water partition coefficient (Wildman–Crippen LogP) is 2.61. The molecule has 1 heterocycles. The molecule has 2 aromatic rings. The Hall–Kier alpha value is -1.57. The Kier molecular flexibility index (Phi) is 2.35. The van der Waals surface area contributed by atoms with Crippen molar-refractivity contribution in [2.45, 2.75) is 19.8 Å². The predicted molar refractivity (Wildman–Crippen MR) is 57.4 cm³/mol. The van der Waals surface area contributed by atoms with E-state index >= 15 is 0 Å². The lowest BCUT2D eigenvalue weighted by Gasteiger charge is -1.98. The fraction of sp³-hybridized carbons (Fsp3) is 0.250. The van der Waals surface area contributed by atoms with Crippen molar-refractivity contribution in [2.75, 3.05) is 0 Å². The number of fused-ring (bicyclic) bond motifs is 1. The molecule has 0 unspecified atom stereocenters. The second kappa shape index (κ2) is 3.66. The van der Waals surface area contributed by atoms with E-state index in [2.05, 4.69) is 30.1 Å². The maximum absolute atomic E-state index is 10.3. The van der Waals surface area contributed by atoms with Crippen LogP contribution in [0.25, 0.3) is 10.9 Å². The third kappa shape index (κ3) is 1.55. The van der Waals surface area contributed by atoms with E-state index in [-0.39, 0.29) is 0 Å². The molecule has 0 aliphatic carbocycles. The summed E-state index contributed by atoms with van der Waals surface area (Å²) in [7, 11) is 0. The number of aryl methyl sites for hydroxylation is 2. The van der Waals surface area contributed by atoms with Crippen molar-refractivity contribution < 1.29 is 4.79 Å². The van der Waals surface area contributed by atoms with Crippen LogP contribution in [0.4, 0.5) is 0 Å². The zero-order valence-corrected chi connectivity index (χ0v) is 8.21. The Morgan fingerprint density at radius 1 is 1.43 bits per heavy atom. The van der Waals surface area contributed by atoms with Crippen molar-refractivity contribution in [3.8, 4) is 0 Å². The number of benzene rings is 1. The standard InChI is InChI=1S/C12H13NO/c1-9-8-13-12-5-4-10(3-2-6-14)7-11(9)12/h4-8,13H,2-3H2,1H3. The molecule has 2 rings (SSSR count). The summed E-state index contributed by atoms with van der Waals surface area (Å²) in [5, 5.41) is 1.26. The first-order valence-corrected chi connectivity index (χ1v) is 4.81. The van der Waals surface area contributed by atoms with Crippen LogP contribution >= 0.6 is 0 Å². The van der Waals surface area contributed by atoms with Gasteiger partial charge in [0, 0.05) is 23.5 Å². The van der Waals surface area contributed by atoms with Crippen LogP contribution in [0.2, 0.25) is 0 Å². The number of nitrogens with one attached hydrogen (secondary N) is 1. The minimum atomic E-state index is 0.606. The van der Waals surface area contributed by atoms with Crippen LogP contribution in [0.3, 0.4) is 0 Å². The summed E-state index contributed by atoms with van der Waals surface area (Å²) in [6.45, 7) is 2.09. The lowest BCUT2D eigenvalue weighted by Crippen LogP contribution is -1.85. The monoisotopic (exact) mass is 187 g/mol. The summed E-state index contributed by atoms with van der Waals surface area (Å²) in [4.78, 5) is 13.5. The second-order valence-electron chi connectivity index (χ2n) is 3.56. The van der Waals surface area contributed by atoms with E-state index in [1.165, 1.54) is 16.5 Å². The smallest absolute Gasteiger partial charge is 0.120 e. The van der Waals surface area contributed by atoms with E-state index in [1.807, 2.05) is 6.20 Å². The molecule has 0 bridgehead atoms. The number of carbonyl (C=O) groups excluding carboxylic acids is 1. The molecular formula is C12H13NO. The SMILES string of the molecule is Cc1c[nH]c2ccc(CCC=O)cc12. The number of hydrogen-bond acceptors (Lipinski definition) is 1. The Balaban J connectivity index is 2.39. The average Bonchev–Trinajstić information content (AvgIpc) is 2.57. The Labute approximate surface area is 82.9 Å². The summed E-state index contributed by atoms with van der Waals surface area (Å²) in [6, 6.07) is 6.30. The molecule has 0 radical (unpaired) electrons. The maximum atomic E-state index is 10.3. The summed E-state index contributed by atoms with van der Waals surface area (Å²) in [5.74, 6) is 0. The first kappa shape index (κ1) is 9.00. The van der Waals surface area contributed by atoms with Gasteiger partial charge in [-0.1, -0.05) is 6.07 Å². The van der Waals surface area contributed by atoms with Crippen molar-refractivity contribution in [1.82, 2.24) is 4.98 Å². The van der Waals surface area contributed by atoms with Gasteiger partial charge in [0.25, 0.3) is 0 Å². The minimum absolute atomic E-state index is 0.606. The number of H-pyrrole nitrogens is 1. The summed E-state index contributed by atoms with van der Waals surface area (Å²) < 4.78 is 0. The van der Waals surface area contributed by atoms with Crippen LogP contribution in [-0.2, 0) is 11.2 Å². The highest BCUT2D eigenvalue weighted by Crippen LogP contribution is 2.19. The molecule has 2 heteroatoms. The third-order valence-electron chi connectivity index (χ3n) is 2.50. The van der Waals surface area contributed by atoms with Gasteiger partial charge in [0.05, 0.1) is 0 Å². The van der Waals surface area contributed by atoms with Crippen molar-refractivity contribution in [1.29, 1.82) is 0 Å². The number of aldehydes is 1. The number of rotatable bonds is 3. The highest BCUT2D eigenvalue weighted by Gasteiger charge is 2.00. The minimum Gasteiger partial charge on any atom is -0.361 e. The van der Waals surface area contributed by atoms with E-state index in [0.717, 1.165) is 18.2 Å². The van der Waals surface area contributed by atoms with Crippen LogP contribution in [-0.4, -0.2) is 11.3 Å². The number of carbonyl (C=O) groups is 1. The van der Waals surface area contributed by atoms with Gasteiger partial charge in [-0.05, 0) is 36.6 Å². The molecule has 0 fully saturated rings. The molecule has 1 aromatic heterocycles. The first-order chi connectivity index (χ1) is 6.81. The van der Waals surface area contributed by atoms with Gasteiger partial charge < -0.3 is 9.78 Å². The lowest BCUT2D eigenvalue weighted by molar-refractivity contribution is -0.107. The Morgan fingerprint density at radius 2 is 2.29 bits per heavy atom. The third-order valence-corrected chi connectivity index (χ3v) is 2.50. The van der Waals surface area contributed by atoms with Gasteiger partial charge in [-0.3, -0.25) is 0 Å². The molecule has 0 amide bonds. The molecular weight excluding hydrogens is 174 g/mol. The molecule has 72 valence electrons. The maximum Gasteiger partial charge on any atom is 0.120 e. The zero-order chi connectivity index (χ0) is 9.97. The molecule has 0 atom stereocenters. The van der Waals surface area contributed by atoms with Gasteiger partial charge in [-0.25, -0.2) is 0 Å². The van der Waals surface area contributed by atoms with Gasteiger partial charge in [0.1, 0.15) is 6.29 Å². The largest absolute Gasteiger partial charge is 0.361 e. The van der Waals surface area contributed by atoms with Crippen molar-refractivity contribution in [3.63, 3.8) is 0 Å². The van der Waals surface area contributed by atoms with Crippen molar-refractivity contribution >= 4 is 17.2 Å². The molecule has 0 aliphatic heterocycles. The molecule has 0 saturated heterocycles. The normalized spacial score (nSPS) is 10.6. The van der Waals surface area contributed by atoms with Gasteiger partial charge in [0.15, 0.2) is 0 Å². The Bertz CT molecular complexity index is 456. The van der Waals surface area contributed by atoms with Crippen LogP contribution in [0.5, 0.6) is 0 Å². The van der Waals surface area contributed by atoms with Gasteiger partial charge in [-0.15, -0.1) is 0 Å². The molecule has 0 saturated carbocycles. The van der Waals surface area contributed by atoms with Crippen LogP contribution in [0, 0.1) is 6.92 Å². The van der Waals surface area contributed by atoms with E-state index in [0.29, 0.717) is 6.42 Å². The van der Waals surface area contributed by atoms with E-state index < -0.39 is 0 Å². The van der Waals surface area contributed by atoms with Crippen LogP contribution in [0.15, 0.2) is 24.4 Å². The quantitative estimate of drug-likeness (QED) is 0.736. The fourth-order valence-corrected chi connectivity index (χ4v) is 1.69. The van der Waals surface area contributed by atoms with Gasteiger partial charge in [-0.2, -0.15) is 0 Å². The molecule has 2 nitrogen and oxygen atoms in total. The zero-order valence-electron chi connectivity index (χ0n) is 8.21. The van der Waals surface area contributed by atoms with Crippen molar-refractivity contribution in [2.24, 2.45) is 0 Å². The topological polar surface area (TPSA) is 32.9 Å². The highest BCUT2D eigenvalue weighted by molar-refractivity contribution is 5.83. The van der Waals surface area contributed by atoms with Gasteiger partial charge in [0.2, 0.25) is 0 Å². The molecule has 1 N–H and O–H groups in total. The lowest BCUT2D eigenvalue weighted by atomic mass is 10.1. The average molecular weight is 187 g/mol. The summed E-state index contributed by atoms with van der Waals surface area (Å²) in [6.07, 6.45) is 4.42.